The van der Waals surface area contributed by atoms with Crippen molar-refractivity contribution < 1.29 is 14.3 Å². The number of amides is 3. The van der Waals surface area contributed by atoms with Gasteiger partial charge in [0.05, 0.1) is 13.7 Å². The Labute approximate surface area is 191 Å². The van der Waals surface area contributed by atoms with Gasteiger partial charge in [-0.2, -0.15) is 0 Å². The molecule has 0 radical (unpaired) electrons. The molecule has 0 saturated carbocycles. The van der Waals surface area contributed by atoms with E-state index in [2.05, 4.69) is 11.1 Å². The Bertz CT molecular complexity index is 1380. The number of nitrogens with zero attached hydrogens (tertiary/aromatic N) is 2. The number of ether oxygens (including phenoxy) is 1. The number of fused-ring (bicyclic) bond motifs is 4. The summed E-state index contributed by atoms with van der Waals surface area (Å²) < 4.78 is 5.46. The van der Waals surface area contributed by atoms with Crippen LogP contribution in [0.4, 0.5) is 4.79 Å². The van der Waals surface area contributed by atoms with Crippen molar-refractivity contribution in [3.8, 4) is 5.75 Å². The van der Waals surface area contributed by atoms with Crippen LogP contribution < -0.4 is 4.74 Å². The number of imide groups is 1. The van der Waals surface area contributed by atoms with E-state index in [9.17, 15) is 9.59 Å². The smallest absolute Gasteiger partial charge is 0.328 e. The van der Waals surface area contributed by atoms with Crippen LogP contribution in [0.3, 0.4) is 0 Å². The van der Waals surface area contributed by atoms with E-state index in [4.69, 9.17) is 4.74 Å². The fourth-order valence-electron chi connectivity index (χ4n) is 5.20. The molecule has 0 spiro atoms. The van der Waals surface area contributed by atoms with Crippen LogP contribution in [0.2, 0.25) is 0 Å². The standard InChI is InChI=1S/C27H23N3O3/c1-33-19-11-7-10-18(14-19)25-24-21(20-12-5-6-13-22(20)28-24)15-23-26(31)29(27(32)30(23)25)16-17-8-3-2-4-9-17/h2-14,23,25,28H,15-16H2,1H3/t23-,25+/m0/s1. The van der Waals surface area contributed by atoms with Gasteiger partial charge in [0, 0.05) is 23.0 Å². The van der Waals surface area contributed by atoms with Gasteiger partial charge in [-0.15, -0.1) is 0 Å². The van der Waals surface area contributed by atoms with Crippen LogP contribution in [0.5, 0.6) is 5.75 Å². The number of hydrogen-bond donors (Lipinski definition) is 1. The van der Waals surface area contributed by atoms with Crippen LogP contribution in [-0.4, -0.2) is 39.9 Å². The fourth-order valence-corrected chi connectivity index (χ4v) is 5.20. The molecule has 1 saturated heterocycles. The molecule has 2 atom stereocenters. The Hall–Kier alpha value is -4.06. The van der Waals surface area contributed by atoms with Gasteiger partial charge in [-0.25, -0.2) is 4.79 Å². The summed E-state index contributed by atoms with van der Waals surface area (Å²) in [6, 6.07) is 24.3. The molecule has 33 heavy (non-hydrogen) atoms. The molecule has 0 bridgehead atoms. The van der Waals surface area contributed by atoms with E-state index in [0.717, 1.165) is 33.3 Å². The monoisotopic (exact) mass is 437 g/mol. The first-order valence-electron chi connectivity index (χ1n) is 11.1. The van der Waals surface area contributed by atoms with E-state index in [1.807, 2.05) is 72.8 Å². The Balaban J connectivity index is 1.49. The average Bonchev–Trinajstić information content (AvgIpc) is 3.34. The van der Waals surface area contributed by atoms with Gasteiger partial charge in [-0.3, -0.25) is 14.6 Å². The minimum atomic E-state index is -0.538. The van der Waals surface area contributed by atoms with Gasteiger partial charge in [0.2, 0.25) is 0 Å². The second-order valence-electron chi connectivity index (χ2n) is 8.56. The molecule has 1 aromatic heterocycles. The lowest BCUT2D eigenvalue weighted by molar-refractivity contribution is -0.129. The topological polar surface area (TPSA) is 65.6 Å². The maximum absolute atomic E-state index is 13.7. The number of aromatic nitrogens is 1. The van der Waals surface area contributed by atoms with Gasteiger partial charge >= 0.3 is 6.03 Å². The summed E-state index contributed by atoms with van der Waals surface area (Å²) >= 11 is 0. The number of para-hydroxylation sites is 1. The highest BCUT2D eigenvalue weighted by atomic mass is 16.5. The number of urea groups is 1. The molecule has 6 nitrogen and oxygen atoms in total. The molecule has 3 heterocycles. The van der Waals surface area contributed by atoms with E-state index in [1.165, 1.54) is 4.90 Å². The van der Waals surface area contributed by atoms with Gasteiger partial charge in [-0.1, -0.05) is 60.7 Å². The van der Waals surface area contributed by atoms with Gasteiger partial charge in [0.15, 0.2) is 0 Å². The van der Waals surface area contributed by atoms with Crippen LogP contribution >= 0.6 is 0 Å². The predicted molar refractivity (Wildman–Crippen MR) is 125 cm³/mol. The largest absolute Gasteiger partial charge is 0.497 e. The molecule has 0 unspecified atom stereocenters. The van der Waals surface area contributed by atoms with E-state index in [1.54, 1.807) is 12.0 Å². The molecular weight excluding hydrogens is 414 g/mol. The first-order valence-corrected chi connectivity index (χ1v) is 11.1. The average molecular weight is 437 g/mol. The van der Waals surface area contributed by atoms with Crippen molar-refractivity contribution in [2.24, 2.45) is 0 Å². The first-order chi connectivity index (χ1) is 16.2. The SMILES string of the molecule is COc1cccc([C@@H]2c3[nH]c4ccccc4c3C[C@H]3C(=O)N(Cc4ccccc4)C(=O)N23)c1. The molecule has 6 heteroatoms. The number of methoxy groups -OCH3 is 1. The minimum Gasteiger partial charge on any atom is -0.497 e. The third kappa shape index (κ3) is 3.02. The number of carbonyl (C=O) groups excluding carboxylic acids is 2. The summed E-state index contributed by atoms with van der Waals surface area (Å²) in [7, 11) is 1.63. The quantitative estimate of drug-likeness (QED) is 0.473. The molecule has 2 aliphatic rings. The Morgan fingerprint density at radius 3 is 2.58 bits per heavy atom. The second kappa shape index (κ2) is 7.52. The summed E-state index contributed by atoms with van der Waals surface area (Å²) in [5.74, 6) is 0.569. The summed E-state index contributed by atoms with van der Waals surface area (Å²) in [5.41, 5.74) is 4.92. The zero-order valence-corrected chi connectivity index (χ0v) is 18.2. The normalized spacial score (nSPS) is 19.7. The molecule has 3 aromatic carbocycles. The number of aromatic amines is 1. The van der Waals surface area contributed by atoms with Crippen LogP contribution in [0.25, 0.3) is 10.9 Å². The van der Waals surface area contributed by atoms with Crippen molar-refractivity contribution >= 4 is 22.8 Å². The molecular formula is C27H23N3O3. The molecule has 2 aliphatic heterocycles. The highest BCUT2D eigenvalue weighted by molar-refractivity contribution is 6.05. The maximum atomic E-state index is 13.7. The minimum absolute atomic E-state index is 0.146. The van der Waals surface area contributed by atoms with Crippen LogP contribution in [0, 0.1) is 0 Å². The first kappa shape index (κ1) is 19.6. The number of nitrogens with one attached hydrogen (secondary N) is 1. The zero-order chi connectivity index (χ0) is 22.5. The van der Waals surface area contributed by atoms with E-state index < -0.39 is 12.1 Å². The Kier molecular flexibility index (Phi) is 4.47. The Morgan fingerprint density at radius 1 is 0.970 bits per heavy atom. The number of hydrogen-bond acceptors (Lipinski definition) is 3. The van der Waals surface area contributed by atoms with Crippen molar-refractivity contribution in [3.63, 3.8) is 0 Å². The van der Waals surface area contributed by atoms with E-state index in [0.29, 0.717) is 12.2 Å². The highest BCUT2D eigenvalue weighted by Gasteiger charge is 2.52. The number of rotatable bonds is 4. The second-order valence-corrected chi connectivity index (χ2v) is 8.56. The van der Waals surface area contributed by atoms with Crippen LogP contribution in [0.1, 0.15) is 28.4 Å². The molecule has 164 valence electrons. The van der Waals surface area contributed by atoms with Crippen molar-refractivity contribution in [1.82, 2.24) is 14.8 Å². The van der Waals surface area contributed by atoms with Crippen molar-refractivity contribution in [2.45, 2.75) is 25.0 Å². The number of carbonyl (C=O) groups is 2. The van der Waals surface area contributed by atoms with E-state index in [-0.39, 0.29) is 18.5 Å². The van der Waals surface area contributed by atoms with Crippen LogP contribution in [-0.2, 0) is 17.8 Å². The lowest BCUT2D eigenvalue weighted by atomic mass is 9.89. The molecule has 3 amide bonds. The third-order valence-electron chi connectivity index (χ3n) is 6.73. The number of benzene rings is 3. The summed E-state index contributed by atoms with van der Waals surface area (Å²) in [5, 5.41) is 1.10. The molecule has 1 N–H and O–H groups in total. The summed E-state index contributed by atoms with van der Waals surface area (Å²) in [6.45, 7) is 0.269. The molecule has 6 rings (SSSR count). The van der Waals surface area contributed by atoms with Crippen molar-refractivity contribution in [1.29, 1.82) is 0 Å². The fraction of sp³-hybridized carbons (Fsp3) is 0.185. The van der Waals surface area contributed by atoms with Crippen LogP contribution in [0.15, 0.2) is 78.9 Å². The summed E-state index contributed by atoms with van der Waals surface area (Å²) in [4.78, 5) is 33.9. The van der Waals surface area contributed by atoms with Crippen molar-refractivity contribution in [2.75, 3.05) is 7.11 Å². The van der Waals surface area contributed by atoms with Crippen molar-refractivity contribution in [3.05, 3.63) is 101 Å². The molecule has 0 aliphatic carbocycles. The Morgan fingerprint density at radius 2 is 1.76 bits per heavy atom. The van der Waals surface area contributed by atoms with Gasteiger partial charge in [0.25, 0.3) is 5.91 Å². The third-order valence-corrected chi connectivity index (χ3v) is 6.73. The predicted octanol–water partition coefficient (Wildman–Crippen LogP) is 4.66. The maximum Gasteiger partial charge on any atom is 0.328 e. The number of H-pyrrole nitrogens is 1. The summed E-state index contributed by atoms with van der Waals surface area (Å²) in [6.07, 6.45) is 0.496. The lowest BCUT2D eigenvalue weighted by Crippen LogP contribution is -2.44. The molecule has 4 aromatic rings. The van der Waals surface area contributed by atoms with Gasteiger partial charge < -0.3 is 9.72 Å². The molecule has 1 fully saturated rings. The highest BCUT2D eigenvalue weighted by Crippen LogP contribution is 2.44. The van der Waals surface area contributed by atoms with E-state index >= 15 is 0 Å². The van der Waals surface area contributed by atoms with Gasteiger partial charge in [-0.05, 0) is 34.9 Å². The lowest BCUT2D eigenvalue weighted by Gasteiger charge is -2.36. The zero-order valence-electron chi connectivity index (χ0n) is 18.2. The van der Waals surface area contributed by atoms with Gasteiger partial charge in [0.1, 0.15) is 17.8 Å².